The number of hydrogen-bond donors (Lipinski definition) is 4. The molecule has 2 fully saturated rings. The molecule has 35 heavy (non-hydrogen) atoms. The Morgan fingerprint density at radius 2 is 1.89 bits per heavy atom. The number of aryl methyl sites for hydroxylation is 1. The first-order valence-corrected chi connectivity index (χ1v) is 12.4. The van der Waals surface area contributed by atoms with E-state index in [1.807, 2.05) is 10.9 Å². The van der Waals surface area contributed by atoms with Crippen LogP contribution >= 0.6 is 0 Å². The van der Waals surface area contributed by atoms with Gasteiger partial charge in [-0.05, 0) is 77.9 Å². The van der Waals surface area contributed by atoms with Crippen LogP contribution in [0.1, 0.15) is 80.9 Å². The Kier molecular flexibility index (Phi) is 5.86. The minimum atomic E-state index is -0.340. The van der Waals surface area contributed by atoms with E-state index in [0.29, 0.717) is 40.4 Å². The molecule has 10 nitrogen and oxygen atoms in total. The van der Waals surface area contributed by atoms with Crippen molar-refractivity contribution in [3.8, 4) is 22.8 Å². The van der Waals surface area contributed by atoms with Gasteiger partial charge in [0, 0.05) is 24.9 Å². The Balaban J connectivity index is 1.67. The maximum absolute atomic E-state index is 8.33. The van der Waals surface area contributed by atoms with Crippen LogP contribution in [-0.4, -0.2) is 50.9 Å². The summed E-state index contributed by atoms with van der Waals surface area (Å²) in [5, 5.41) is 24.3. The van der Waals surface area contributed by atoms with E-state index in [9.17, 15) is 0 Å². The minimum absolute atomic E-state index is 0.0832. The van der Waals surface area contributed by atoms with E-state index in [1.165, 1.54) is 5.56 Å². The highest BCUT2D eigenvalue weighted by Gasteiger charge is 2.37. The highest BCUT2D eigenvalue weighted by atomic mass is 16.5. The van der Waals surface area contributed by atoms with Crippen LogP contribution in [-0.2, 0) is 5.54 Å². The molecule has 3 aromatic heterocycles. The molecule has 1 aliphatic carbocycles. The maximum atomic E-state index is 8.33. The quantitative estimate of drug-likeness (QED) is 0.311. The number of nitrogens with zero attached hydrogens (tertiary/aromatic N) is 5. The Hall–Kier alpha value is -3.27. The van der Waals surface area contributed by atoms with Crippen molar-refractivity contribution in [2.45, 2.75) is 70.8 Å². The first kappa shape index (κ1) is 23.5. The number of nitrogens with two attached hydrogens (primary N) is 1. The number of aromatic nitrogens is 5. The molecular weight excluding hydrogens is 442 g/mol. The zero-order chi connectivity index (χ0) is 24.9. The second kappa shape index (κ2) is 8.75. The molecule has 0 atom stereocenters. The lowest BCUT2D eigenvalue weighted by molar-refractivity contribution is 0.360. The number of rotatable bonds is 6. The highest BCUT2D eigenvalue weighted by Crippen LogP contribution is 2.48. The Bertz CT molecular complexity index is 1260. The van der Waals surface area contributed by atoms with Crippen LogP contribution in [0.3, 0.4) is 0 Å². The van der Waals surface area contributed by atoms with E-state index in [1.54, 1.807) is 7.05 Å². The molecule has 186 valence electrons. The Morgan fingerprint density at radius 3 is 2.46 bits per heavy atom. The van der Waals surface area contributed by atoms with Crippen LogP contribution in [0.4, 0.5) is 5.82 Å². The fraction of sp³-hybridized carbons (Fsp3) is 0.560. The van der Waals surface area contributed by atoms with E-state index in [4.69, 9.17) is 30.7 Å². The lowest BCUT2D eigenvalue weighted by Crippen LogP contribution is -2.27. The molecule has 0 aromatic carbocycles. The van der Waals surface area contributed by atoms with E-state index in [-0.39, 0.29) is 11.4 Å². The first-order chi connectivity index (χ1) is 16.7. The number of piperidine rings is 1. The Labute approximate surface area is 205 Å². The van der Waals surface area contributed by atoms with Crippen molar-refractivity contribution in [2.75, 3.05) is 25.5 Å². The van der Waals surface area contributed by atoms with Crippen molar-refractivity contribution >= 4 is 11.7 Å². The topological polar surface area (TPSA) is 144 Å². The molecule has 4 heterocycles. The number of nitrogens with one attached hydrogen (secondary N) is 3. The predicted octanol–water partition coefficient (Wildman–Crippen LogP) is 3.73. The van der Waals surface area contributed by atoms with Crippen LogP contribution in [0.25, 0.3) is 22.8 Å². The predicted molar refractivity (Wildman–Crippen MR) is 136 cm³/mol. The van der Waals surface area contributed by atoms with E-state index in [2.05, 4.69) is 43.5 Å². The van der Waals surface area contributed by atoms with Crippen molar-refractivity contribution in [2.24, 2.45) is 5.73 Å². The molecule has 2 aliphatic rings. The second-order valence-corrected chi connectivity index (χ2v) is 10.6. The van der Waals surface area contributed by atoms with E-state index < -0.39 is 0 Å². The number of amidine groups is 1. The second-order valence-electron chi connectivity index (χ2n) is 10.6. The van der Waals surface area contributed by atoms with E-state index >= 15 is 0 Å². The molecule has 1 aliphatic heterocycles. The lowest BCUT2D eigenvalue weighted by Gasteiger charge is -2.23. The van der Waals surface area contributed by atoms with Gasteiger partial charge >= 0.3 is 0 Å². The zero-order valence-electron chi connectivity index (χ0n) is 21.2. The fourth-order valence-electron chi connectivity index (χ4n) is 4.99. The minimum Gasteiger partial charge on any atom is -0.383 e. The third-order valence-electron chi connectivity index (χ3n) is 6.94. The van der Waals surface area contributed by atoms with Crippen molar-refractivity contribution in [1.29, 1.82) is 5.41 Å². The molecule has 5 N–H and O–H groups in total. The molecule has 0 spiro atoms. The third kappa shape index (κ3) is 4.20. The van der Waals surface area contributed by atoms with Gasteiger partial charge < -0.3 is 20.9 Å². The first-order valence-electron chi connectivity index (χ1n) is 12.4. The molecule has 10 heteroatoms. The van der Waals surface area contributed by atoms with Crippen LogP contribution in [0, 0.1) is 12.3 Å². The van der Waals surface area contributed by atoms with E-state index in [0.717, 1.165) is 55.8 Å². The molecule has 1 saturated heterocycles. The van der Waals surface area contributed by atoms with Gasteiger partial charge in [-0.2, -0.15) is 5.10 Å². The molecule has 0 radical (unpaired) electrons. The van der Waals surface area contributed by atoms with Crippen molar-refractivity contribution < 1.29 is 4.52 Å². The fourth-order valence-corrected chi connectivity index (χ4v) is 4.99. The molecule has 0 bridgehead atoms. The average Bonchev–Trinajstić information content (AvgIpc) is 3.43. The summed E-state index contributed by atoms with van der Waals surface area (Å²) in [5.41, 5.74) is 10.2. The number of nitrogen functional groups attached to an aromatic ring is 1. The molecule has 0 unspecified atom stereocenters. The van der Waals surface area contributed by atoms with Gasteiger partial charge in [0.25, 0.3) is 0 Å². The molecule has 1 saturated carbocycles. The zero-order valence-corrected chi connectivity index (χ0v) is 21.2. The van der Waals surface area contributed by atoms with Gasteiger partial charge in [-0.1, -0.05) is 5.16 Å². The van der Waals surface area contributed by atoms with Crippen molar-refractivity contribution in [3.05, 3.63) is 28.8 Å². The number of hydrogen-bond acceptors (Lipinski definition) is 8. The summed E-state index contributed by atoms with van der Waals surface area (Å²) in [6, 6.07) is 0. The van der Waals surface area contributed by atoms with Gasteiger partial charge in [0.15, 0.2) is 11.6 Å². The molecular formula is C25H35N9O. The molecule has 5 rings (SSSR count). The van der Waals surface area contributed by atoms with Gasteiger partial charge in [0.1, 0.15) is 23.0 Å². The monoisotopic (exact) mass is 477 g/mol. The van der Waals surface area contributed by atoms with Gasteiger partial charge in [-0.25, -0.2) is 14.6 Å². The maximum Gasteiger partial charge on any atom is 0.165 e. The summed E-state index contributed by atoms with van der Waals surface area (Å²) in [5.74, 6) is 2.73. The lowest BCUT2D eigenvalue weighted by atomic mass is 9.90. The molecule has 0 amide bonds. The van der Waals surface area contributed by atoms with Crippen molar-refractivity contribution in [3.63, 3.8) is 0 Å². The van der Waals surface area contributed by atoms with Gasteiger partial charge in [-0.3, -0.25) is 5.41 Å². The summed E-state index contributed by atoms with van der Waals surface area (Å²) in [4.78, 5) is 9.77. The summed E-state index contributed by atoms with van der Waals surface area (Å²) >= 11 is 0. The summed E-state index contributed by atoms with van der Waals surface area (Å²) < 4.78 is 7.75. The summed E-state index contributed by atoms with van der Waals surface area (Å²) in [6.07, 6.45) is 6.25. The van der Waals surface area contributed by atoms with Crippen LogP contribution in [0.2, 0.25) is 0 Å². The smallest absolute Gasteiger partial charge is 0.165 e. The molecule has 3 aromatic rings. The standard InChI is InChI=1S/C25H35N9O/c1-13-16(14-8-10-29-11-9-14)12-30-23(31-13)17-20(33-35-21(17)15-6-7-15)19-18(22(26)27)24(28-5)34(32-19)25(2,3)4/h12,14-15,28-29H,6-11H2,1-5H3,(H3,26,27). The van der Waals surface area contributed by atoms with Crippen LogP contribution in [0.15, 0.2) is 10.7 Å². The van der Waals surface area contributed by atoms with Crippen LogP contribution in [0.5, 0.6) is 0 Å². The van der Waals surface area contributed by atoms with Gasteiger partial charge in [-0.15, -0.1) is 0 Å². The van der Waals surface area contributed by atoms with Crippen molar-refractivity contribution in [1.82, 2.24) is 30.2 Å². The SMILES string of the molecule is CNc1c(C(=N)N)c(-c2noc(C3CC3)c2-c2ncc(C3CCNCC3)c(C)n2)nn1C(C)(C)C. The van der Waals surface area contributed by atoms with Gasteiger partial charge in [0.05, 0.1) is 16.7 Å². The summed E-state index contributed by atoms with van der Waals surface area (Å²) in [6.45, 7) is 10.3. The normalized spacial score (nSPS) is 17.1. The Morgan fingerprint density at radius 1 is 1.17 bits per heavy atom. The largest absolute Gasteiger partial charge is 0.383 e. The average molecular weight is 478 g/mol. The van der Waals surface area contributed by atoms with Gasteiger partial charge in [0.2, 0.25) is 0 Å². The highest BCUT2D eigenvalue weighted by molar-refractivity contribution is 6.06. The third-order valence-corrected chi connectivity index (χ3v) is 6.94. The van der Waals surface area contributed by atoms with Crippen LogP contribution < -0.4 is 16.4 Å². The number of anilines is 1. The summed E-state index contributed by atoms with van der Waals surface area (Å²) in [7, 11) is 1.81.